The zero-order valence-corrected chi connectivity index (χ0v) is 16.1. The smallest absolute Gasteiger partial charge is 0.197 e. The molecule has 0 aliphatic carbocycles. The molecule has 4 aromatic rings. The van der Waals surface area contributed by atoms with Crippen LogP contribution in [-0.2, 0) is 17.0 Å². The van der Waals surface area contributed by atoms with Gasteiger partial charge in [0.05, 0.1) is 31.2 Å². The molecule has 11 nitrogen and oxygen atoms in total. The van der Waals surface area contributed by atoms with E-state index in [-0.39, 0.29) is 12.4 Å². The minimum atomic E-state index is -1.69. The van der Waals surface area contributed by atoms with Gasteiger partial charge in [0.1, 0.15) is 24.1 Å². The fourth-order valence-electron chi connectivity index (χ4n) is 3.86. The number of fused-ring (bicyclic) bond motifs is 2. The van der Waals surface area contributed by atoms with Crippen LogP contribution in [0.2, 0.25) is 0 Å². The minimum absolute atomic E-state index is 0.0975. The highest BCUT2D eigenvalue weighted by molar-refractivity contribution is 5.81. The molecule has 0 spiro atoms. The molecule has 0 amide bonds. The number of hydrogen-bond acceptors (Lipinski definition) is 9. The Morgan fingerprint density at radius 2 is 2.13 bits per heavy atom. The number of nitrogens with one attached hydrogen (secondary N) is 1. The van der Waals surface area contributed by atoms with Crippen LogP contribution in [0.1, 0.15) is 0 Å². The maximum absolute atomic E-state index is 11.1. The first kappa shape index (κ1) is 18.9. The number of nitrogens with zero attached hydrogens (tertiary/aromatic N) is 6. The number of ether oxygens (including phenoxy) is 1. The summed E-state index contributed by atoms with van der Waals surface area (Å²) in [6.45, 7) is 1.57. The molecule has 5 N–H and O–H groups in total. The zero-order valence-electron chi connectivity index (χ0n) is 16.1. The van der Waals surface area contributed by atoms with E-state index in [1.807, 2.05) is 35.1 Å². The predicted octanol–water partition coefficient (Wildman–Crippen LogP) is -0.547. The Hall–Kier alpha value is -3.12. The second-order valence-corrected chi connectivity index (χ2v) is 7.35. The summed E-state index contributed by atoms with van der Waals surface area (Å²) in [6, 6.07) is 8.01. The molecule has 1 fully saturated rings. The Balaban J connectivity index is 1.23. The number of para-hydroxylation sites is 1. The highest BCUT2D eigenvalue weighted by atomic mass is 16.5. The Morgan fingerprint density at radius 1 is 1.27 bits per heavy atom. The second-order valence-electron chi connectivity index (χ2n) is 7.35. The van der Waals surface area contributed by atoms with Crippen molar-refractivity contribution in [3.63, 3.8) is 0 Å². The SMILES string of the molecule is Nc1ncnc2c1ncn2C1(O)COC(CNCCn2ncc3ccccc32)C1O. The van der Waals surface area contributed by atoms with E-state index in [0.29, 0.717) is 30.8 Å². The maximum atomic E-state index is 11.1. The quantitative estimate of drug-likeness (QED) is 0.307. The highest BCUT2D eigenvalue weighted by Crippen LogP contribution is 2.32. The van der Waals surface area contributed by atoms with Crippen molar-refractivity contribution in [2.45, 2.75) is 24.5 Å². The van der Waals surface area contributed by atoms with Crippen LogP contribution in [0.25, 0.3) is 22.1 Å². The molecular weight excluding hydrogens is 388 g/mol. The van der Waals surface area contributed by atoms with Gasteiger partial charge in [-0.1, -0.05) is 18.2 Å². The Labute approximate surface area is 171 Å². The first-order valence-electron chi connectivity index (χ1n) is 9.65. The van der Waals surface area contributed by atoms with E-state index in [4.69, 9.17) is 10.5 Å². The van der Waals surface area contributed by atoms with Crippen molar-refractivity contribution in [3.8, 4) is 0 Å². The number of aromatic nitrogens is 6. The number of aliphatic hydroxyl groups is 2. The molecule has 11 heteroatoms. The summed E-state index contributed by atoms with van der Waals surface area (Å²) >= 11 is 0. The van der Waals surface area contributed by atoms with Crippen molar-refractivity contribution < 1.29 is 14.9 Å². The number of rotatable bonds is 6. The van der Waals surface area contributed by atoms with Gasteiger partial charge < -0.3 is 26.0 Å². The summed E-state index contributed by atoms with van der Waals surface area (Å²) in [6.07, 6.45) is 2.75. The van der Waals surface area contributed by atoms with E-state index < -0.39 is 17.9 Å². The monoisotopic (exact) mass is 410 g/mol. The van der Waals surface area contributed by atoms with Gasteiger partial charge in [-0.05, 0) is 6.07 Å². The molecule has 156 valence electrons. The van der Waals surface area contributed by atoms with Crippen molar-refractivity contribution in [2.75, 3.05) is 25.4 Å². The van der Waals surface area contributed by atoms with E-state index in [2.05, 4.69) is 25.4 Å². The molecule has 4 heterocycles. The largest absolute Gasteiger partial charge is 0.385 e. The highest BCUT2D eigenvalue weighted by Gasteiger charge is 2.50. The van der Waals surface area contributed by atoms with Crippen LogP contribution in [0.15, 0.2) is 43.1 Å². The molecule has 3 unspecified atom stereocenters. The van der Waals surface area contributed by atoms with Gasteiger partial charge in [0.15, 0.2) is 17.2 Å². The van der Waals surface area contributed by atoms with E-state index in [9.17, 15) is 10.2 Å². The molecule has 3 atom stereocenters. The first-order chi connectivity index (χ1) is 14.6. The molecule has 0 saturated carbocycles. The molecular formula is C19H22N8O3. The fraction of sp³-hybridized carbons (Fsp3) is 0.368. The molecule has 1 aliphatic heterocycles. The summed E-state index contributed by atoms with van der Waals surface area (Å²) in [5.41, 5.74) is 5.89. The topological polar surface area (TPSA) is 149 Å². The van der Waals surface area contributed by atoms with Gasteiger partial charge in [0.2, 0.25) is 0 Å². The number of nitrogens with two attached hydrogens (primary N) is 1. The molecule has 1 saturated heterocycles. The van der Waals surface area contributed by atoms with Gasteiger partial charge in [-0.15, -0.1) is 0 Å². The van der Waals surface area contributed by atoms with E-state index in [1.54, 1.807) is 0 Å². The van der Waals surface area contributed by atoms with Gasteiger partial charge in [-0.25, -0.2) is 15.0 Å². The lowest BCUT2D eigenvalue weighted by atomic mass is 10.1. The second kappa shape index (κ2) is 7.29. The van der Waals surface area contributed by atoms with Gasteiger partial charge >= 0.3 is 0 Å². The number of nitrogen functional groups attached to an aromatic ring is 1. The lowest BCUT2D eigenvalue weighted by Gasteiger charge is -2.28. The van der Waals surface area contributed by atoms with Gasteiger partial charge in [-0.3, -0.25) is 9.25 Å². The number of hydrogen-bond donors (Lipinski definition) is 4. The first-order valence-corrected chi connectivity index (χ1v) is 9.65. The fourth-order valence-corrected chi connectivity index (χ4v) is 3.86. The summed E-state index contributed by atoms with van der Waals surface area (Å²) in [4.78, 5) is 12.2. The van der Waals surface area contributed by atoms with E-state index >= 15 is 0 Å². The third kappa shape index (κ3) is 2.99. The molecule has 1 aromatic carbocycles. The molecule has 0 radical (unpaired) electrons. The minimum Gasteiger partial charge on any atom is -0.385 e. The average molecular weight is 410 g/mol. The normalized spacial score (nSPS) is 24.2. The Bertz CT molecular complexity index is 1190. The third-order valence-corrected chi connectivity index (χ3v) is 5.51. The van der Waals surface area contributed by atoms with Crippen LogP contribution in [-0.4, -0.2) is 71.4 Å². The Morgan fingerprint density at radius 3 is 3.03 bits per heavy atom. The van der Waals surface area contributed by atoms with Crippen molar-refractivity contribution >= 4 is 27.9 Å². The predicted molar refractivity (Wildman–Crippen MR) is 108 cm³/mol. The maximum Gasteiger partial charge on any atom is 0.197 e. The van der Waals surface area contributed by atoms with E-state index in [1.165, 1.54) is 17.2 Å². The molecule has 0 bridgehead atoms. The number of benzene rings is 1. The summed E-state index contributed by atoms with van der Waals surface area (Å²) < 4.78 is 9.00. The van der Waals surface area contributed by atoms with Gasteiger partial charge in [0, 0.05) is 18.5 Å². The van der Waals surface area contributed by atoms with Crippen molar-refractivity contribution in [2.24, 2.45) is 0 Å². The molecule has 30 heavy (non-hydrogen) atoms. The molecule has 5 rings (SSSR count). The lowest BCUT2D eigenvalue weighted by Crippen LogP contribution is -2.48. The molecule has 1 aliphatic rings. The summed E-state index contributed by atoms with van der Waals surface area (Å²) in [7, 11) is 0. The standard InChI is InChI=1S/C19H22N8O3/c20-17-15-18(23-10-22-17)26(11-24-15)19(29)9-30-14(16(19)28)8-21-5-6-27-13-4-2-1-3-12(13)7-25-27/h1-4,7,10-11,14,16,21,28-29H,5-6,8-9H2,(H2,20,22,23). The number of anilines is 1. The third-order valence-electron chi connectivity index (χ3n) is 5.51. The van der Waals surface area contributed by atoms with Crippen LogP contribution < -0.4 is 11.1 Å². The van der Waals surface area contributed by atoms with Crippen molar-refractivity contribution in [3.05, 3.63) is 43.1 Å². The lowest BCUT2D eigenvalue weighted by molar-refractivity contribution is -0.107. The van der Waals surface area contributed by atoms with Crippen LogP contribution >= 0.6 is 0 Å². The van der Waals surface area contributed by atoms with E-state index in [0.717, 1.165) is 10.9 Å². The van der Waals surface area contributed by atoms with Crippen LogP contribution in [0, 0.1) is 0 Å². The average Bonchev–Trinajstić information content (AvgIpc) is 3.44. The number of aliphatic hydroxyl groups excluding tert-OH is 1. The van der Waals surface area contributed by atoms with Crippen LogP contribution in [0.3, 0.4) is 0 Å². The van der Waals surface area contributed by atoms with Crippen molar-refractivity contribution in [1.82, 2.24) is 34.6 Å². The van der Waals surface area contributed by atoms with Crippen LogP contribution in [0.5, 0.6) is 0 Å². The van der Waals surface area contributed by atoms with Crippen molar-refractivity contribution in [1.29, 1.82) is 0 Å². The Kier molecular flexibility index (Phi) is 4.59. The summed E-state index contributed by atoms with van der Waals surface area (Å²) in [5, 5.41) is 30.6. The number of imidazole rings is 1. The van der Waals surface area contributed by atoms with Crippen LogP contribution in [0.4, 0.5) is 5.82 Å². The van der Waals surface area contributed by atoms with Gasteiger partial charge in [0.25, 0.3) is 0 Å². The zero-order chi connectivity index (χ0) is 20.7. The van der Waals surface area contributed by atoms with Gasteiger partial charge in [-0.2, -0.15) is 5.10 Å². The summed E-state index contributed by atoms with van der Waals surface area (Å²) in [5.74, 6) is 0.208. The molecule has 3 aromatic heterocycles.